The van der Waals surface area contributed by atoms with Gasteiger partial charge in [0.05, 0.1) is 5.69 Å². The van der Waals surface area contributed by atoms with Gasteiger partial charge >= 0.3 is 0 Å². The second kappa shape index (κ2) is 17.0. The summed E-state index contributed by atoms with van der Waals surface area (Å²) < 4.78 is 17.6. The molecule has 0 aliphatic heterocycles. The zero-order valence-electron chi connectivity index (χ0n) is 25.9. The number of aliphatic hydroxyl groups excluding tert-OH is 2. The topological polar surface area (TPSA) is 97.4 Å². The summed E-state index contributed by atoms with van der Waals surface area (Å²) in [5, 5.41) is 22.2. The lowest BCUT2D eigenvalue weighted by Crippen LogP contribution is -2.42. The summed E-state index contributed by atoms with van der Waals surface area (Å²) in [6, 6.07) is 43.1. The molecule has 5 aromatic rings. The van der Waals surface area contributed by atoms with E-state index in [1.54, 1.807) is 18.2 Å². The fourth-order valence-electron chi connectivity index (χ4n) is 5.08. The number of nitrogens with two attached hydrogens (primary N) is 1. The number of hydrogen-bond acceptors (Lipinski definition) is 7. The van der Waals surface area contributed by atoms with Gasteiger partial charge < -0.3 is 30.2 Å². The minimum Gasteiger partial charge on any atom is -0.491 e. The molecule has 0 amide bonds. The van der Waals surface area contributed by atoms with Crippen molar-refractivity contribution in [3.05, 3.63) is 156 Å². The number of nitrogen functional groups attached to an aromatic ring is 1. The van der Waals surface area contributed by atoms with Crippen molar-refractivity contribution < 1.29 is 24.4 Å². The molecule has 0 radical (unpaired) electrons. The highest BCUT2D eigenvalue weighted by atomic mass is 16.5. The van der Waals surface area contributed by atoms with Crippen LogP contribution in [0.4, 0.5) is 5.69 Å². The Bertz CT molecular complexity index is 1580. The third-order valence-corrected chi connectivity index (χ3v) is 7.62. The molecule has 0 aromatic heterocycles. The molecule has 0 heterocycles. The molecule has 0 spiro atoms. The Balaban J connectivity index is 1.12. The molecule has 7 heteroatoms. The van der Waals surface area contributed by atoms with E-state index in [1.807, 2.05) is 120 Å². The lowest BCUT2D eigenvalue weighted by atomic mass is 10.1. The smallest absolute Gasteiger partial charge is 0.142 e. The lowest BCUT2D eigenvalue weighted by Gasteiger charge is -2.30. The molecule has 0 saturated heterocycles. The molecule has 0 aliphatic rings. The van der Waals surface area contributed by atoms with Crippen molar-refractivity contribution in [3.63, 3.8) is 0 Å². The molecule has 0 aliphatic carbocycles. The Morgan fingerprint density at radius 2 is 1.15 bits per heavy atom. The summed E-state index contributed by atoms with van der Waals surface area (Å²) in [5.74, 6) is 1.91. The normalized spacial score (nSPS) is 12.4. The van der Waals surface area contributed by atoms with E-state index in [9.17, 15) is 10.2 Å². The zero-order valence-corrected chi connectivity index (χ0v) is 25.9. The van der Waals surface area contributed by atoms with E-state index in [0.29, 0.717) is 49.8 Å². The van der Waals surface area contributed by atoms with E-state index in [2.05, 4.69) is 0 Å². The van der Waals surface area contributed by atoms with Crippen LogP contribution in [0.1, 0.15) is 28.7 Å². The van der Waals surface area contributed by atoms with Gasteiger partial charge in [0.25, 0.3) is 0 Å². The second-order valence-electron chi connectivity index (χ2n) is 11.3. The van der Waals surface area contributed by atoms with Gasteiger partial charge in [-0.25, -0.2) is 0 Å². The predicted octanol–water partition coefficient (Wildman–Crippen LogP) is 6.62. The van der Waals surface area contributed by atoms with Crippen LogP contribution in [0.2, 0.25) is 0 Å². The SMILES string of the molecule is Nc1cc(OCC(O)CN(Cc2ccccc2)[C@@H](O)CCc2ccc(OCc3ccccc3)cc2)ccc1OCc1ccccc1. The van der Waals surface area contributed by atoms with Crippen molar-refractivity contribution in [2.75, 3.05) is 18.9 Å². The van der Waals surface area contributed by atoms with Crippen LogP contribution in [0.5, 0.6) is 17.2 Å². The molecule has 1 unspecified atom stereocenters. The highest BCUT2D eigenvalue weighted by Crippen LogP contribution is 2.27. The minimum absolute atomic E-state index is 0.0477. The molecular weight excluding hydrogens is 576 g/mol. The number of aryl methyl sites for hydroxylation is 1. The molecule has 5 rings (SSSR count). The predicted molar refractivity (Wildman–Crippen MR) is 182 cm³/mol. The summed E-state index contributed by atoms with van der Waals surface area (Å²) in [7, 11) is 0. The summed E-state index contributed by atoms with van der Waals surface area (Å²) in [4.78, 5) is 1.88. The van der Waals surface area contributed by atoms with Crippen LogP contribution in [0.15, 0.2) is 133 Å². The van der Waals surface area contributed by atoms with Crippen LogP contribution in [0.3, 0.4) is 0 Å². The maximum Gasteiger partial charge on any atom is 0.142 e. The van der Waals surface area contributed by atoms with Gasteiger partial charge in [-0.2, -0.15) is 0 Å². The average molecular weight is 619 g/mol. The van der Waals surface area contributed by atoms with Crippen LogP contribution in [0.25, 0.3) is 0 Å². The first kappa shape index (κ1) is 32.6. The lowest BCUT2D eigenvalue weighted by molar-refractivity contribution is -0.0397. The number of nitrogens with zero attached hydrogens (tertiary/aromatic N) is 1. The number of rotatable bonds is 17. The largest absolute Gasteiger partial charge is 0.491 e. The molecule has 0 bridgehead atoms. The van der Waals surface area contributed by atoms with E-state index in [0.717, 1.165) is 28.0 Å². The van der Waals surface area contributed by atoms with Gasteiger partial charge in [-0.15, -0.1) is 0 Å². The van der Waals surface area contributed by atoms with Gasteiger partial charge in [0.1, 0.15) is 49.4 Å². The Kier molecular flexibility index (Phi) is 12.1. The van der Waals surface area contributed by atoms with Gasteiger partial charge in [0.15, 0.2) is 0 Å². The first-order valence-corrected chi connectivity index (χ1v) is 15.6. The van der Waals surface area contributed by atoms with Crippen LogP contribution in [0, 0.1) is 0 Å². The average Bonchev–Trinajstić information content (AvgIpc) is 3.10. The standard InChI is InChI=1S/C39H42N2O5/c40-37-24-36(21-22-38(37)46-28-33-14-8-3-9-15-33)45-29-34(42)26-41(25-31-10-4-1-5-11-31)39(43)23-18-30-16-19-35(20-17-30)44-27-32-12-6-2-7-13-32/h1-17,19-22,24,34,39,42-43H,18,23,25-29,40H2/t34?,39-/m0/s1. The number of anilines is 1. The first-order chi connectivity index (χ1) is 22.5. The fraction of sp³-hybridized carbons (Fsp3) is 0.231. The van der Waals surface area contributed by atoms with Crippen molar-refractivity contribution in [3.8, 4) is 17.2 Å². The summed E-state index contributed by atoms with van der Waals surface area (Å²) in [6.45, 7) is 1.70. The van der Waals surface area contributed by atoms with Gasteiger partial charge in [0, 0.05) is 19.2 Å². The van der Waals surface area contributed by atoms with Crippen molar-refractivity contribution in [1.29, 1.82) is 0 Å². The van der Waals surface area contributed by atoms with Crippen molar-refractivity contribution in [2.24, 2.45) is 0 Å². The number of aliphatic hydroxyl groups is 2. The highest BCUT2D eigenvalue weighted by Gasteiger charge is 2.20. The monoisotopic (exact) mass is 618 g/mol. The molecule has 0 saturated carbocycles. The number of ether oxygens (including phenoxy) is 3. The summed E-state index contributed by atoms with van der Waals surface area (Å²) in [5.41, 5.74) is 11.0. The molecule has 46 heavy (non-hydrogen) atoms. The molecule has 0 fully saturated rings. The van der Waals surface area contributed by atoms with E-state index in [4.69, 9.17) is 19.9 Å². The summed E-state index contributed by atoms with van der Waals surface area (Å²) >= 11 is 0. The van der Waals surface area contributed by atoms with Gasteiger partial charge in [-0.3, -0.25) is 4.90 Å². The van der Waals surface area contributed by atoms with Gasteiger partial charge in [-0.1, -0.05) is 103 Å². The van der Waals surface area contributed by atoms with E-state index < -0.39 is 12.3 Å². The van der Waals surface area contributed by atoms with E-state index in [1.165, 1.54) is 0 Å². The van der Waals surface area contributed by atoms with Gasteiger partial charge in [-0.05, 0) is 59.4 Å². The Morgan fingerprint density at radius 1 is 0.587 bits per heavy atom. The maximum absolute atomic E-state index is 11.2. The van der Waals surface area contributed by atoms with Crippen molar-refractivity contribution in [2.45, 2.75) is 44.9 Å². The minimum atomic E-state index is -0.838. The third-order valence-electron chi connectivity index (χ3n) is 7.62. The quantitative estimate of drug-likeness (QED) is 0.0796. The molecule has 4 N–H and O–H groups in total. The maximum atomic E-state index is 11.2. The molecule has 5 aromatic carbocycles. The zero-order chi connectivity index (χ0) is 32.0. The fourth-order valence-corrected chi connectivity index (χ4v) is 5.08. The Morgan fingerprint density at radius 3 is 1.76 bits per heavy atom. The van der Waals surface area contributed by atoms with E-state index >= 15 is 0 Å². The molecular formula is C39H42N2O5. The molecule has 2 atom stereocenters. The Hall–Kier alpha value is -4.82. The van der Waals surface area contributed by atoms with Crippen LogP contribution < -0.4 is 19.9 Å². The molecule has 7 nitrogen and oxygen atoms in total. The summed E-state index contributed by atoms with van der Waals surface area (Å²) in [6.07, 6.45) is -0.420. The first-order valence-electron chi connectivity index (χ1n) is 15.6. The van der Waals surface area contributed by atoms with Crippen LogP contribution in [-0.4, -0.2) is 40.6 Å². The number of benzene rings is 5. The Labute approximate surface area is 271 Å². The van der Waals surface area contributed by atoms with E-state index in [-0.39, 0.29) is 13.2 Å². The van der Waals surface area contributed by atoms with Gasteiger partial charge in [0.2, 0.25) is 0 Å². The third kappa shape index (κ3) is 10.4. The van der Waals surface area contributed by atoms with Crippen molar-refractivity contribution >= 4 is 5.69 Å². The van der Waals surface area contributed by atoms with Crippen LogP contribution >= 0.6 is 0 Å². The highest BCUT2D eigenvalue weighted by molar-refractivity contribution is 5.56. The molecule has 238 valence electrons. The second-order valence-corrected chi connectivity index (χ2v) is 11.3. The number of hydrogen-bond donors (Lipinski definition) is 3. The van der Waals surface area contributed by atoms with Crippen molar-refractivity contribution in [1.82, 2.24) is 4.90 Å². The van der Waals surface area contributed by atoms with Crippen LogP contribution in [-0.2, 0) is 26.2 Å².